The number of aliphatic hydroxyl groups is 1. The smallest absolute Gasteiger partial charge is 0.129 e. The van der Waals surface area contributed by atoms with Gasteiger partial charge in [-0.25, -0.2) is 4.98 Å². The summed E-state index contributed by atoms with van der Waals surface area (Å²) in [6.07, 6.45) is 8.02. The third-order valence-corrected chi connectivity index (χ3v) is 3.62. The van der Waals surface area contributed by atoms with E-state index in [4.69, 9.17) is 11.6 Å². The average molecular weight is 292 g/mol. The largest absolute Gasteiger partial charge is 0.389 e. The molecule has 20 heavy (non-hydrogen) atoms. The molecule has 3 rings (SSSR count). The lowest BCUT2D eigenvalue weighted by molar-refractivity contribution is 0.0577. The zero-order valence-electron chi connectivity index (χ0n) is 11.7. The Morgan fingerprint density at radius 3 is 2.80 bits per heavy atom. The van der Waals surface area contributed by atoms with Crippen molar-refractivity contribution in [3.8, 4) is 11.1 Å². The third-order valence-electron chi connectivity index (χ3n) is 3.41. The van der Waals surface area contributed by atoms with Crippen molar-refractivity contribution in [1.29, 1.82) is 0 Å². The van der Waals surface area contributed by atoms with Crippen molar-refractivity contribution in [2.24, 2.45) is 0 Å². The van der Waals surface area contributed by atoms with E-state index in [2.05, 4.69) is 10.1 Å². The van der Waals surface area contributed by atoms with E-state index in [1.54, 1.807) is 18.5 Å². The van der Waals surface area contributed by atoms with E-state index in [9.17, 15) is 5.11 Å². The summed E-state index contributed by atoms with van der Waals surface area (Å²) in [6, 6.07) is 1.96. The van der Waals surface area contributed by atoms with Crippen LogP contribution < -0.4 is 0 Å². The van der Waals surface area contributed by atoms with Gasteiger partial charge in [0, 0.05) is 23.5 Å². The Hall–Kier alpha value is -1.39. The number of pyridine rings is 1. The number of halogens is 1. The van der Waals surface area contributed by atoms with Gasteiger partial charge in [-0.15, -0.1) is 0 Å². The van der Waals surface area contributed by atoms with E-state index >= 15 is 0 Å². The molecule has 0 unspecified atom stereocenters. The first-order chi connectivity index (χ1) is 9.42. The molecular formula is C15H18ClN3O. The molecule has 2 heterocycles. The van der Waals surface area contributed by atoms with Gasteiger partial charge in [0.15, 0.2) is 0 Å². The van der Waals surface area contributed by atoms with Gasteiger partial charge in [-0.05, 0) is 44.2 Å². The summed E-state index contributed by atoms with van der Waals surface area (Å²) in [6.45, 7) is 4.01. The number of hydrogen-bond acceptors (Lipinski definition) is 3. The highest BCUT2D eigenvalue weighted by Crippen LogP contribution is 2.44. The lowest BCUT2D eigenvalue weighted by Crippen LogP contribution is -2.26. The topological polar surface area (TPSA) is 50.9 Å². The molecule has 0 aliphatic heterocycles. The van der Waals surface area contributed by atoms with E-state index in [0.717, 1.165) is 11.1 Å². The molecule has 0 atom stereocenters. The van der Waals surface area contributed by atoms with Crippen LogP contribution in [0.3, 0.4) is 0 Å². The van der Waals surface area contributed by atoms with Crippen molar-refractivity contribution in [3.05, 3.63) is 35.4 Å². The van der Waals surface area contributed by atoms with Gasteiger partial charge in [-0.1, -0.05) is 11.6 Å². The highest BCUT2D eigenvalue weighted by Gasteiger charge is 2.27. The highest BCUT2D eigenvalue weighted by molar-refractivity contribution is 6.29. The number of rotatable bonds is 4. The molecular weight excluding hydrogens is 274 g/mol. The van der Waals surface area contributed by atoms with Crippen LogP contribution in [0.2, 0.25) is 5.15 Å². The third kappa shape index (κ3) is 3.02. The summed E-state index contributed by atoms with van der Waals surface area (Å²) in [7, 11) is 0. The van der Waals surface area contributed by atoms with Crippen LogP contribution >= 0.6 is 11.6 Å². The molecule has 1 fully saturated rings. The van der Waals surface area contributed by atoms with Crippen molar-refractivity contribution in [2.45, 2.75) is 44.8 Å². The second-order valence-electron chi connectivity index (χ2n) is 6.11. The van der Waals surface area contributed by atoms with Crippen LogP contribution in [-0.2, 0) is 6.54 Å². The number of hydrogen-bond donors (Lipinski definition) is 1. The lowest BCUT2D eigenvalue weighted by atomic mass is 10.0. The number of aromatic nitrogens is 3. The van der Waals surface area contributed by atoms with Crippen LogP contribution in [-0.4, -0.2) is 25.5 Å². The Kier molecular flexibility index (Phi) is 3.30. The predicted octanol–water partition coefficient (Wildman–Crippen LogP) is 3.25. The Labute approximate surface area is 123 Å². The van der Waals surface area contributed by atoms with Crippen molar-refractivity contribution in [1.82, 2.24) is 14.8 Å². The van der Waals surface area contributed by atoms with Crippen LogP contribution in [0.25, 0.3) is 11.1 Å². The second kappa shape index (κ2) is 4.86. The summed E-state index contributed by atoms with van der Waals surface area (Å²) in [5.41, 5.74) is 2.60. The summed E-state index contributed by atoms with van der Waals surface area (Å²) >= 11 is 6.00. The molecule has 0 aromatic carbocycles. The summed E-state index contributed by atoms with van der Waals surface area (Å²) < 4.78 is 1.76. The molecule has 0 spiro atoms. The standard InChI is InChI=1S/C15H18ClN3O/c1-15(2,20)9-19-8-11(6-18-19)13-7-17-14(16)5-12(13)10-3-4-10/h5-8,10,20H,3-4,9H2,1-2H3. The maximum absolute atomic E-state index is 9.85. The van der Waals surface area contributed by atoms with E-state index in [1.165, 1.54) is 18.4 Å². The Morgan fingerprint density at radius 1 is 1.40 bits per heavy atom. The Morgan fingerprint density at radius 2 is 2.15 bits per heavy atom. The molecule has 1 N–H and O–H groups in total. The van der Waals surface area contributed by atoms with Gasteiger partial charge in [-0.3, -0.25) is 4.68 Å². The van der Waals surface area contributed by atoms with Gasteiger partial charge >= 0.3 is 0 Å². The first-order valence-corrected chi connectivity index (χ1v) is 7.21. The van der Waals surface area contributed by atoms with Gasteiger partial charge in [0.1, 0.15) is 5.15 Å². The Balaban J connectivity index is 1.93. The molecule has 0 amide bonds. The zero-order chi connectivity index (χ0) is 14.3. The number of nitrogens with zero attached hydrogens (tertiary/aromatic N) is 3. The fourth-order valence-corrected chi connectivity index (χ4v) is 2.57. The fraction of sp³-hybridized carbons (Fsp3) is 0.467. The van der Waals surface area contributed by atoms with E-state index < -0.39 is 5.60 Å². The molecule has 2 aromatic heterocycles. The predicted molar refractivity (Wildman–Crippen MR) is 78.7 cm³/mol. The molecule has 4 nitrogen and oxygen atoms in total. The Bertz CT molecular complexity index is 626. The maximum Gasteiger partial charge on any atom is 0.129 e. The van der Waals surface area contributed by atoms with Crippen LogP contribution in [0.1, 0.15) is 38.2 Å². The van der Waals surface area contributed by atoms with Crippen molar-refractivity contribution in [2.75, 3.05) is 0 Å². The second-order valence-corrected chi connectivity index (χ2v) is 6.49. The van der Waals surface area contributed by atoms with Crippen LogP contribution in [0.5, 0.6) is 0 Å². The van der Waals surface area contributed by atoms with Crippen molar-refractivity contribution in [3.63, 3.8) is 0 Å². The molecule has 2 aromatic rings. The van der Waals surface area contributed by atoms with E-state index in [0.29, 0.717) is 17.6 Å². The molecule has 1 aliphatic carbocycles. The minimum atomic E-state index is -0.777. The van der Waals surface area contributed by atoms with Gasteiger partial charge in [-0.2, -0.15) is 5.10 Å². The first-order valence-electron chi connectivity index (χ1n) is 6.83. The average Bonchev–Trinajstić information content (AvgIpc) is 3.09. The summed E-state index contributed by atoms with van der Waals surface area (Å²) in [5.74, 6) is 0.600. The maximum atomic E-state index is 9.85. The molecule has 1 saturated carbocycles. The van der Waals surface area contributed by atoms with E-state index in [-0.39, 0.29) is 0 Å². The lowest BCUT2D eigenvalue weighted by Gasteiger charge is -2.16. The minimum Gasteiger partial charge on any atom is -0.389 e. The molecule has 5 heteroatoms. The normalized spacial score (nSPS) is 15.6. The zero-order valence-corrected chi connectivity index (χ0v) is 12.4. The monoisotopic (exact) mass is 291 g/mol. The fourth-order valence-electron chi connectivity index (χ4n) is 2.40. The highest BCUT2D eigenvalue weighted by atomic mass is 35.5. The van der Waals surface area contributed by atoms with Gasteiger partial charge < -0.3 is 5.11 Å². The SMILES string of the molecule is CC(C)(O)Cn1cc(-c2cnc(Cl)cc2C2CC2)cn1. The molecule has 106 valence electrons. The quantitative estimate of drug-likeness (QED) is 0.880. The van der Waals surface area contributed by atoms with Gasteiger partial charge in [0.2, 0.25) is 0 Å². The van der Waals surface area contributed by atoms with Gasteiger partial charge in [0.25, 0.3) is 0 Å². The first kappa shape index (κ1) is 13.6. The van der Waals surface area contributed by atoms with Crippen molar-refractivity contribution < 1.29 is 5.11 Å². The van der Waals surface area contributed by atoms with Crippen LogP contribution in [0, 0.1) is 0 Å². The van der Waals surface area contributed by atoms with E-state index in [1.807, 2.05) is 24.7 Å². The summed E-state index contributed by atoms with van der Waals surface area (Å²) in [5, 5.41) is 14.7. The van der Waals surface area contributed by atoms with Crippen LogP contribution in [0.15, 0.2) is 24.7 Å². The summed E-state index contributed by atoms with van der Waals surface area (Å²) in [4.78, 5) is 4.19. The molecule has 0 bridgehead atoms. The molecule has 0 radical (unpaired) electrons. The van der Waals surface area contributed by atoms with Crippen molar-refractivity contribution >= 4 is 11.6 Å². The molecule has 0 saturated heterocycles. The van der Waals surface area contributed by atoms with Gasteiger partial charge in [0.05, 0.1) is 18.3 Å². The minimum absolute atomic E-state index is 0.465. The molecule has 1 aliphatic rings. The van der Waals surface area contributed by atoms with Crippen LogP contribution in [0.4, 0.5) is 0 Å².